The van der Waals surface area contributed by atoms with Crippen molar-refractivity contribution in [2.45, 2.75) is 20.4 Å². The lowest BCUT2D eigenvalue weighted by Gasteiger charge is -2.10. The molecule has 0 aliphatic carbocycles. The lowest BCUT2D eigenvalue weighted by molar-refractivity contribution is -0.117. The van der Waals surface area contributed by atoms with E-state index in [1.54, 1.807) is 32.1 Å². The predicted molar refractivity (Wildman–Crippen MR) is 126 cm³/mol. The van der Waals surface area contributed by atoms with E-state index in [2.05, 4.69) is 15.4 Å². The molecule has 3 aromatic rings. The summed E-state index contributed by atoms with van der Waals surface area (Å²) >= 11 is 7.31. The van der Waals surface area contributed by atoms with Crippen molar-refractivity contribution in [3.8, 4) is 11.5 Å². The molecule has 1 amide bonds. The van der Waals surface area contributed by atoms with E-state index in [-0.39, 0.29) is 22.5 Å². The summed E-state index contributed by atoms with van der Waals surface area (Å²) in [5.74, 6) is -1.11. The highest BCUT2D eigenvalue weighted by Gasteiger charge is 2.18. The van der Waals surface area contributed by atoms with Crippen LogP contribution >= 0.6 is 22.9 Å². The first kappa shape index (κ1) is 25.0. The molecule has 0 bridgehead atoms. The zero-order valence-electron chi connectivity index (χ0n) is 18.7. The van der Waals surface area contributed by atoms with Gasteiger partial charge in [-0.3, -0.25) is 4.79 Å². The van der Waals surface area contributed by atoms with Crippen molar-refractivity contribution >= 4 is 52.1 Å². The normalized spacial score (nSPS) is 11.0. The molecule has 2 aromatic heterocycles. The van der Waals surface area contributed by atoms with Crippen LogP contribution in [0.2, 0.25) is 5.02 Å². The summed E-state index contributed by atoms with van der Waals surface area (Å²) < 4.78 is 21.3. The topological polar surface area (TPSA) is 135 Å². The van der Waals surface area contributed by atoms with Crippen LogP contribution in [0, 0.1) is 6.92 Å². The van der Waals surface area contributed by atoms with Crippen LogP contribution in [0.5, 0.6) is 11.5 Å². The van der Waals surface area contributed by atoms with Gasteiger partial charge in [-0.15, -0.1) is 5.10 Å². The van der Waals surface area contributed by atoms with Crippen molar-refractivity contribution in [1.29, 1.82) is 0 Å². The lowest BCUT2D eigenvalue weighted by Crippen LogP contribution is -2.25. The highest BCUT2D eigenvalue weighted by Crippen LogP contribution is 2.37. The van der Waals surface area contributed by atoms with Gasteiger partial charge in [0, 0.05) is 6.08 Å². The molecule has 2 heterocycles. The van der Waals surface area contributed by atoms with Gasteiger partial charge in [0.2, 0.25) is 11.8 Å². The molecule has 0 unspecified atom stereocenters. The Hall–Kier alpha value is -3.64. The fourth-order valence-corrected chi connectivity index (χ4v) is 3.99. The van der Waals surface area contributed by atoms with Gasteiger partial charge in [-0.1, -0.05) is 22.9 Å². The number of aromatic nitrogens is 3. The summed E-state index contributed by atoms with van der Waals surface area (Å²) in [6.45, 7) is 3.13. The zero-order chi connectivity index (χ0) is 24.8. The number of esters is 1. The summed E-state index contributed by atoms with van der Waals surface area (Å²) in [7, 11) is 2.96. The largest absolute Gasteiger partial charge is 0.493 e. The Morgan fingerprint density at radius 2 is 2.03 bits per heavy atom. The Morgan fingerprint density at radius 3 is 2.71 bits per heavy atom. The van der Waals surface area contributed by atoms with Gasteiger partial charge in [-0.2, -0.15) is 4.68 Å². The number of hydrogen-bond donors (Lipinski definition) is 1. The number of carbonyl (C=O) groups is 2. The Balaban J connectivity index is 1.70. The number of nitrogens with one attached hydrogen (secondary N) is 1. The molecule has 0 aliphatic heterocycles. The second-order valence-corrected chi connectivity index (χ2v) is 7.98. The maximum atomic E-state index is 12.4. The number of benzene rings is 1. The molecule has 34 heavy (non-hydrogen) atoms. The van der Waals surface area contributed by atoms with Crippen LogP contribution in [-0.2, 0) is 16.1 Å². The van der Waals surface area contributed by atoms with Gasteiger partial charge < -0.3 is 23.9 Å². The van der Waals surface area contributed by atoms with Crippen molar-refractivity contribution < 1.29 is 28.2 Å². The smallest absolute Gasteiger partial charge is 0.437 e. The number of thiazole rings is 1. The molecule has 1 aromatic carbocycles. The number of hydrogen-bond acceptors (Lipinski definition) is 10. The van der Waals surface area contributed by atoms with Gasteiger partial charge in [0.1, 0.15) is 11.4 Å². The lowest BCUT2D eigenvalue weighted by atomic mass is 10.2. The molecule has 13 heteroatoms. The number of nitrogens with zero attached hydrogens (tertiary/aromatic N) is 3. The first-order valence-corrected chi connectivity index (χ1v) is 11.1. The summed E-state index contributed by atoms with van der Waals surface area (Å²) in [6, 6.07) is 3.38. The van der Waals surface area contributed by atoms with Crippen molar-refractivity contribution in [2.75, 3.05) is 26.1 Å². The van der Waals surface area contributed by atoms with E-state index in [1.807, 2.05) is 0 Å². The Morgan fingerprint density at radius 1 is 1.26 bits per heavy atom. The van der Waals surface area contributed by atoms with Crippen molar-refractivity contribution in [2.24, 2.45) is 0 Å². The second kappa shape index (κ2) is 11.0. The number of methoxy groups -OCH3 is 2. The fourth-order valence-electron chi connectivity index (χ4n) is 2.81. The van der Waals surface area contributed by atoms with E-state index in [9.17, 15) is 14.4 Å². The maximum Gasteiger partial charge on any atom is 0.437 e. The Bertz CT molecular complexity index is 1290. The number of ether oxygens (including phenoxy) is 3. The van der Waals surface area contributed by atoms with Crippen LogP contribution in [0.25, 0.3) is 12.2 Å². The van der Waals surface area contributed by atoms with Crippen LogP contribution in [0.15, 0.2) is 21.3 Å². The van der Waals surface area contributed by atoms with Crippen LogP contribution in [0.3, 0.4) is 0 Å². The molecular formula is C21H21ClN4O7S. The molecule has 0 saturated heterocycles. The van der Waals surface area contributed by atoms with Crippen molar-refractivity contribution in [1.82, 2.24) is 14.8 Å². The minimum atomic E-state index is -0.823. The maximum absolute atomic E-state index is 12.4. The van der Waals surface area contributed by atoms with E-state index in [0.717, 1.165) is 16.0 Å². The number of halogens is 1. The SMILES string of the molecule is CCOC(=O)c1sc(NC(=O)Cn2nc(C=Cc3ccc(OC)c(OC)c3Cl)oc2=O)nc1C. The quantitative estimate of drug-likeness (QED) is 0.432. The molecule has 0 spiro atoms. The number of carbonyl (C=O) groups excluding carboxylic acids is 2. The van der Waals surface area contributed by atoms with E-state index in [0.29, 0.717) is 27.8 Å². The van der Waals surface area contributed by atoms with Gasteiger partial charge in [-0.05, 0) is 37.6 Å². The van der Waals surface area contributed by atoms with E-state index >= 15 is 0 Å². The Kier molecular flexibility index (Phi) is 8.08. The molecule has 0 aliphatic rings. The van der Waals surface area contributed by atoms with Gasteiger partial charge in [-0.25, -0.2) is 14.6 Å². The molecule has 180 valence electrons. The molecule has 0 atom stereocenters. The monoisotopic (exact) mass is 508 g/mol. The second-order valence-electron chi connectivity index (χ2n) is 6.60. The molecule has 0 saturated carbocycles. The molecule has 11 nitrogen and oxygen atoms in total. The average Bonchev–Trinajstić information content (AvgIpc) is 3.34. The molecule has 1 N–H and O–H groups in total. The third-order valence-electron chi connectivity index (χ3n) is 4.34. The highest BCUT2D eigenvalue weighted by molar-refractivity contribution is 7.17. The molecule has 3 rings (SSSR count). The summed E-state index contributed by atoms with van der Waals surface area (Å²) in [6.07, 6.45) is 3.01. The van der Waals surface area contributed by atoms with E-state index in [1.165, 1.54) is 20.3 Å². The highest BCUT2D eigenvalue weighted by atomic mass is 35.5. The zero-order valence-corrected chi connectivity index (χ0v) is 20.3. The van der Waals surface area contributed by atoms with Crippen LogP contribution in [0.4, 0.5) is 5.13 Å². The summed E-state index contributed by atoms with van der Waals surface area (Å²) in [5, 5.41) is 7.02. The fraction of sp³-hybridized carbons (Fsp3) is 0.286. The minimum absolute atomic E-state index is 0.0293. The minimum Gasteiger partial charge on any atom is -0.493 e. The molecule has 0 fully saturated rings. The van der Waals surface area contributed by atoms with Crippen LogP contribution < -0.4 is 20.5 Å². The average molecular weight is 509 g/mol. The van der Waals surface area contributed by atoms with Crippen molar-refractivity contribution in [3.05, 3.63) is 49.7 Å². The van der Waals surface area contributed by atoms with Gasteiger partial charge in [0.25, 0.3) is 0 Å². The first-order valence-electron chi connectivity index (χ1n) is 9.88. The van der Waals surface area contributed by atoms with Crippen LogP contribution in [-0.4, -0.2) is 47.5 Å². The van der Waals surface area contributed by atoms with E-state index < -0.39 is 24.2 Å². The van der Waals surface area contributed by atoms with Gasteiger partial charge in [0.05, 0.1) is 31.5 Å². The van der Waals surface area contributed by atoms with Crippen LogP contribution in [0.1, 0.15) is 33.7 Å². The Labute approximate surface area is 202 Å². The van der Waals surface area contributed by atoms with E-state index in [4.69, 9.17) is 30.2 Å². The third-order valence-corrected chi connectivity index (χ3v) is 5.78. The summed E-state index contributed by atoms with van der Waals surface area (Å²) in [4.78, 5) is 40.8. The summed E-state index contributed by atoms with van der Waals surface area (Å²) in [5.41, 5.74) is 1.00. The van der Waals surface area contributed by atoms with Gasteiger partial charge >= 0.3 is 11.7 Å². The number of anilines is 1. The van der Waals surface area contributed by atoms with Gasteiger partial charge in [0.15, 0.2) is 16.6 Å². The predicted octanol–water partition coefficient (Wildman–Crippen LogP) is 3.26. The number of rotatable bonds is 9. The van der Waals surface area contributed by atoms with Crippen molar-refractivity contribution in [3.63, 3.8) is 0 Å². The standard InChI is InChI=1S/C21H21ClN4O7S/c1-5-32-19(28)18-11(2)23-20(34-18)24-14(27)10-26-21(29)33-15(25-26)9-7-12-6-8-13(30-3)17(31-4)16(12)22/h6-9H,5,10H2,1-4H3,(H,23,24,27). The molecule has 0 radical (unpaired) electrons. The number of amides is 1. The first-order chi connectivity index (χ1) is 16.3. The number of aryl methyl sites for hydroxylation is 1. The third kappa shape index (κ3) is 5.64. The molecular weight excluding hydrogens is 488 g/mol.